The minimum atomic E-state index is -0.200. The van der Waals surface area contributed by atoms with Crippen LogP contribution in [0.15, 0.2) is 29.3 Å². The molecule has 0 unspecified atom stereocenters. The number of carbonyl (C=O) groups is 1. The number of nitrogens with zero attached hydrogens (tertiary/aromatic N) is 3. The second-order valence-electron chi connectivity index (χ2n) is 6.91. The van der Waals surface area contributed by atoms with E-state index in [-0.39, 0.29) is 17.6 Å². The number of amidine groups is 1. The monoisotopic (exact) mass is 353 g/mol. The van der Waals surface area contributed by atoms with Gasteiger partial charge in [-0.1, -0.05) is 35.5 Å². The summed E-state index contributed by atoms with van der Waals surface area (Å²) >= 11 is 7.54. The average Bonchev–Trinajstić information content (AvgIpc) is 2.42. The lowest BCUT2D eigenvalue weighted by Gasteiger charge is -2.39. The number of thioether (sulfide) groups is 1. The molecule has 0 spiro atoms. The predicted octanol–water partition coefficient (Wildman–Crippen LogP) is 4.83. The highest BCUT2D eigenvalue weighted by atomic mass is 35.5. The van der Waals surface area contributed by atoms with Crippen molar-refractivity contribution in [2.45, 2.75) is 52.7 Å². The van der Waals surface area contributed by atoms with Gasteiger partial charge in [0.25, 0.3) is 0 Å². The third kappa shape index (κ3) is 4.88. The van der Waals surface area contributed by atoms with E-state index in [1.807, 2.05) is 63.8 Å². The normalized spacial score (nSPS) is 18.2. The summed E-state index contributed by atoms with van der Waals surface area (Å²) in [5, 5.41) is 1.52. The lowest BCUT2D eigenvalue weighted by atomic mass is 10.1. The summed E-state index contributed by atoms with van der Waals surface area (Å²) in [6.07, 6.45) is 0. The third-order valence-electron chi connectivity index (χ3n) is 3.27. The summed E-state index contributed by atoms with van der Waals surface area (Å²) < 4.78 is 0. The van der Waals surface area contributed by atoms with Gasteiger partial charge >= 0.3 is 6.03 Å². The first-order valence-corrected chi connectivity index (χ1v) is 9.09. The Bertz CT molecular complexity index is 593. The van der Waals surface area contributed by atoms with Gasteiger partial charge in [0.15, 0.2) is 5.17 Å². The molecule has 1 aliphatic rings. The molecule has 0 aliphatic carbocycles. The van der Waals surface area contributed by atoms with Gasteiger partial charge < -0.3 is 4.90 Å². The van der Waals surface area contributed by atoms with E-state index in [2.05, 4.69) is 0 Å². The Morgan fingerprint density at radius 2 is 1.87 bits per heavy atom. The molecular weight excluding hydrogens is 330 g/mol. The highest BCUT2D eigenvalue weighted by Crippen LogP contribution is 2.26. The lowest BCUT2D eigenvalue weighted by Crippen LogP contribution is -2.52. The van der Waals surface area contributed by atoms with Crippen LogP contribution in [0.25, 0.3) is 0 Å². The van der Waals surface area contributed by atoms with Gasteiger partial charge in [-0.25, -0.2) is 4.79 Å². The fourth-order valence-corrected chi connectivity index (χ4v) is 3.60. The number of carbonyl (C=O) groups excluding carboxylic acids is 1. The first-order chi connectivity index (χ1) is 10.7. The molecule has 1 fully saturated rings. The largest absolute Gasteiger partial charge is 0.327 e. The summed E-state index contributed by atoms with van der Waals surface area (Å²) in [5.41, 5.74) is 0.872. The smallest absolute Gasteiger partial charge is 0.310 e. The Morgan fingerprint density at radius 3 is 2.39 bits per heavy atom. The first kappa shape index (κ1) is 18.1. The molecule has 126 valence electrons. The lowest BCUT2D eigenvalue weighted by molar-refractivity contribution is 0.172. The van der Waals surface area contributed by atoms with Crippen LogP contribution >= 0.6 is 23.4 Å². The molecule has 2 amide bonds. The van der Waals surface area contributed by atoms with Gasteiger partial charge in [0.2, 0.25) is 0 Å². The van der Waals surface area contributed by atoms with E-state index < -0.39 is 0 Å². The van der Waals surface area contributed by atoms with Gasteiger partial charge in [0.1, 0.15) is 0 Å². The van der Waals surface area contributed by atoms with Crippen LogP contribution < -0.4 is 0 Å². The summed E-state index contributed by atoms with van der Waals surface area (Å²) in [6, 6.07) is 7.70. The van der Waals surface area contributed by atoms with Crippen molar-refractivity contribution >= 4 is 34.6 Å². The van der Waals surface area contributed by atoms with Gasteiger partial charge in [-0.2, -0.15) is 0 Å². The van der Waals surface area contributed by atoms with Crippen molar-refractivity contribution in [3.63, 3.8) is 0 Å². The molecule has 1 aromatic carbocycles. The number of benzene rings is 1. The van der Waals surface area contributed by atoms with Crippen LogP contribution in [0.1, 0.15) is 40.2 Å². The summed E-state index contributed by atoms with van der Waals surface area (Å²) in [6.45, 7) is 10.7. The molecule has 1 aliphatic heterocycles. The zero-order valence-electron chi connectivity index (χ0n) is 14.3. The number of halogens is 1. The maximum atomic E-state index is 12.9. The maximum absolute atomic E-state index is 12.9. The summed E-state index contributed by atoms with van der Waals surface area (Å²) in [4.78, 5) is 21.2. The summed E-state index contributed by atoms with van der Waals surface area (Å²) in [5.74, 6) is 0.611. The van der Waals surface area contributed by atoms with Crippen LogP contribution in [0.4, 0.5) is 4.79 Å². The third-order valence-corrected chi connectivity index (χ3v) is 4.51. The molecule has 0 aromatic heterocycles. The molecule has 1 heterocycles. The standard InChI is InChI=1S/C17H24ClN3OS/c1-12(2)21-15(19-17(3,4)5)23-11-20(16(21)22)10-13-6-8-14(18)9-7-13/h6-9,12H,10-11H2,1-5H3. The van der Waals surface area contributed by atoms with Crippen LogP contribution in [-0.2, 0) is 6.54 Å². The number of hydrogen-bond acceptors (Lipinski definition) is 3. The van der Waals surface area contributed by atoms with Gasteiger partial charge in [-0.15, -0.1) is 0 Å². The Hall–Kier alpha value is -1.20. The van der Waals surface area contributed by atoms with Gasteiger partial charge in [0.05, 0.1) is 11.4 Å². The highest BCUT2D eigenvalue weighted by molar-refractivity contribution is 8.13. The molecule has 1 saturated heterocycles. The minimum Gasteiger partial charge on any atom is -0.310 e. The minimum absolute atomic E-state index is 0.0108. The zero-order chi connectivity index (χ0) is 17.2. The number of amides is 2. The van der Waals surface area contributed by atoms with E-state index in [0.29, 0.717) is 17.4 Å². The fraction of sp³-hybridized carbons (Fsp3) is 0.529. The molecule has 0 bridgehead atoms. The van der Waals surface area contributed by atoms with Crippen LogP contribution in [0.2, 0.25) is 5.02 Å². The quantitative estimate of drug-likeness (QED) is 0.780. The SMILES string of the molecule is CC(C)N1C(=O)N(Cc2ccc(Cl)cc2)CSC1=NC(C)(C)C. The number of aliphatic imine (C=N–C) groups is 1. The van der Waals surface area contributed by atoms with Crippen molar-refractivity contribution in [3.8, 4) is 0 Å². The molecule has 4 nitrogen and oxygen atoms in total. The molecular formula is C17H24ClN3OS. The van der Waals surface area contributed by atoms with E-state index in [9.17, 15) is 4.79 Å². The van der Waals surface area contributed by atoms with Gasteiger partial charge in [-0.05, 0) is 52.3 Å². The second kappa shape index (κ2) is 7.14. The topological polar surface area (TPSA) is 35.9 Å². The van der Waals surface area contributed by atoms with Gasteiger partial charge in [0, 0.05) is 17.6 Å². The molecule has 1 aromatic rings. The second-order valence-corrected chi connectivity index (χ2v) is 8.26. The van der Waals surface area contributed by atoms with Crippen molar-refractivity contribution in [1.29, 1.82) is 0 Å². The van der Waals surface area contributed by atoms with E-state index in [1.54, 1.807) is 16.7 Å². The Labute approximate surface area is 147 Å². The number of urea groups is 1. The Balaban J connectivity index is 2.19. The molecule has 0 radical (unpaired) electrons. The van der Waals surface area contributed by atoms with Crippen LogP contribution in [0, 0.1) is 0 Å². The highest BCUT2D eigenvalue weighted by Gasteiger charge is 2.33. The van der Waals surface area contributed by atoms with Crippen LogP contribution in [-0.4, -0.2) is 38.5 Å². The molecule has 6 heteroatoms. The average molecular weight is 354 g/mol. The Kier molecular flexibility index (Phi) is 5.63. The van der Waals surface area contributed by atoms with E-state index in [0.717, 1.165) is 10.7 Å². The van der Waals surface area contributed by atoms with E-state index in [1.165, 1.54) is 0 Å². The molecule has 0 saturated carbocycles. The number of hydrogen-bond donors (Lipinski definition) is 0. The Morgan fingerprint density at radius 1 is 1.26 bits per heavy atom. The molecule has 0 N–H and O–H groups in total. The van der Waals surface area contributed by atoms with Crippen molar-refractivity contribution in [3.05, 3.63) is 34.9 Å². The predicted molar refractivity (Wildman–Crippen MR) is 99.0 cm³/mol. The van der Waals surface area contributed by atoms with E-state index >= 15 is 0 Å². The maximum Gasteiger partial charge on any atom is 0.327 e. The van der Waals surface area contributed by atoms with Crippen molar-refractivity contribution in [2.75, 3.05) is 5.88 Å². The first-order valence-electron chi connectivity index (χ1n) is 7.72. The molecule has 2 rings (SSSR count). The number of rotatable bonds is 3. The van der Waals surface area contributed by atoms with E-state index in [4.69, 9.17) is 16.6 Å². The molecule has 23 heavy (non-hydrogen) atoms. The van der Waals surface area contributed by atoms with Crippen LogP contribution in [0.3, 0.4) is 0 Å². The van der Waals surface area contributed by atoms with Crippen molar-refractivity contribution in [1.82, 2.24) is 9.80 Å². The van der Waals surface area contributed by atoms with Gasteiger partial charge in [-0.3, -0.25) is 9.89 Å². The van der Waals surface area contributed by atoms with Crippen LogP contribution in [0.5, 0.6) is 0 Å². The van der Waals surface area contributed by atoms with Crippen molar-refractivity contribution < 1.29 is 4.79 Å². The molecule has 0 atom stereocenters. The fourth-order valence-electron chi connectivity index (χ4n) is 2.23. The summed E-state index contributed by atoms with van der Waals surface area (Å²) in [7, 11) is 0. The zero-order valence-corrected chi connectivity index (χ0v) is 15.9. The van der Waals surface area contributed by atoms with Crippen molar-refractivity contribution in [2.24, 2.45) is 4.99 Å².